The van der Waals surface area contributed by atoms with Crippen molar-refractivity contribution in [2.75, 3.05) is 33.9 Å². The molecule has 2 atom stereocenters. The summed E-state index contributed by atoms with van der Waals surface area (Å²) in [7, 11) is 1.52. The molecule has 8 heteroatoms. The van der Waals surface area contributed by atoms with E-state index in [0.717, 1.165) is 6.42 Å². The number of carbonyl (C=O) groups excluding carboxylic acids is 1. The van der Waals surface area contributed by atoms with Gasteiger partial charge in [0.25, 0.3) is 0 Å². The zero-order valence-corrected chi connectivity index (χ0v) is 17.7. The molecule has 1 heterocycles. The molecule has 0 spiro atoms. The van der Waals surface area contributed by atoms with Gasteiger partial charge in [0.15, 0.2) is 8.32 Å². The quantitative estimate of drug-likeness (QED) is 0.547. The summed E-state index contributed by atoms with van der Waals surface area (Å²) in [5.74, 6) is -0.199. The Bertz CT molecular complexity index is 476. The average molecular weight is 375 g/mol. The van der Waals surface area contributed by atoms with Crippen molar-refractivity contribution in [2.24, 2.45) is 0 Å². The molecule has 0 aromatic heterocycles. The molecule has 1 aliphatic rings. The van der Waals surface area contributed by atoms with Gasteiger partial charge in [0, 0.05) is 33.7 Å². The van der Waals surface area contributed by atoms with Crippen LogP contribution < -0.4 is 0 Å². The molecule has 0 aromatic carbocycles. The number of hydrogen-bond acceptors (Lipinski definition) is 4. The van der Waals surface area contributed by atoms with Gasteiger partial charge in [-0.3, -0.25) is 9.69 Å². The summed E-state index contributed by atoms with van der Waals surface area (Å²) in [5, 5.41) is 9.47. The first kappa shape index (κ1) is 21.9. The SMILES string of the molecule is CN(C)C(=O)[C@@H]1C[C@@H](OCCCO[Si](C)(C)C(C)(C)C)CN1C(=O)O. The van der Waals surface area contributed by atoms with Gasteiger partial charge in [-0.1, -0.05) is 20.8 Å². The molecule has 1 saturated heterocycles. The minimum Gasteiger partial charge on any atom is -0.465 e. The predicted octanol–water partition coefficient (Wildman–Crippen LogP) is 2.62. The van der Waals surface area contributed by atoms with Gasteiger partial charge in [-0.15, -0.1) is 0 Å². The van der Waals surface area contributed by atoms with Crippen molar-refractivity contribution in [3.63, 3.8) is 0 Å². The fraction of sp³-hybridized carbons (Fsp3) is 0.882. The molecule has 1 aliphatic heterocycles. The second-order valence-electron chi connectivity index (χ2n) is 8.37. The number of rotatable bonds is 7. The maximum Gasteiger partial charge on any atom is 0.408 e. The lowest BCUT2D eigenvalue weighted by Gasteiger charge is -2.36. The predicted molar refractivity (Wildman–Crippen MR) is 99.3 cm³/mol. The third kappa shape index (κ3) is 5.97. The largest absolute Gasteiger partial charge is 0.465 e. The molecular weight excluding hydrogens is 340 g/mol. The summed E-state index contributed by atoms with van der Waals surface area (Å²) in [5.41, 5.74) is 0. The van der Waals surface area contributed by atoms with Crippen LogP contribution in [-0.4, -0.2) is 81.2 Å². The molecule has 146 valence electrons. The monoisotopic (exact) mass is 374 g/mol. The molecule has 25 heavy (non-hydrogen) atoms. The van der Waals surface area contributed by atoms with Crippen LogP contribution in [0.15, 0.2) is 0 Å². The van der Waals surface area contributed by atoms with Crippen LogP contribution in [0.25, 0.3) is 0 Å². The average Bonchev–Trinajstić information content (AvgIpc) is 2.89. The van der Waals surface area contributed by atoms with Gasteiger partial charge in [-0.05, 0) is 24.6 Å². The number of ether oxygens (including phenoxy) is 1. The van der Waals surface area contributed by atoms with E-state index >= 15 is 0 Å². The summed E-state index contributed by atoms with van der Waals surface area (Å²) in [6.07, 6.45) is -0.139. The summed E-state index contributed by atoms with van der Waals surface area (Å²) in [4.78, 5) is 26.1. The highest BCUT2D eigenvalue weighted by molar-refractivity contribution is 6.74. The number of carboxylic acid groups (broad SMARTS) is 1. The molecule has 0 aliphatic carbocycles. The fourth-order valence-corrected chi connectivity index (χ4v) is 3.60. The van der Waals surface area contributed by atoms with Gasteiger partial charge < -0.3 is 19.2 Å². The molecule has 1 fully saturated rings. The number of likely N-dealkylation sites (N-methyl/N-ethyl adjacent to an activating group) is 1. The van der Waals surface area contributed by atoms with Gasteiger partial charge in [-0.25, -0.2) is 4.79 Å². The van der Waals surface area contributed by atoms with E-state index in [-0.39, 0.29) is 23.6 Å². The highest BCUT2D eigenvalue weighted by Crippen LogP contribution is 2.36. The molecule has 0 saturated carbocycles. The van der Waals surface area contributed by atoms with E-state index in [4.69, 9.17) is 9.16 Å². The van der Waals surface area contributed by atoms with Crippen LogP contribution in [-0.2, 0) is 14.0 Å². The van der Waals surface area contributed by atoms with E-state index in [1.807, 2.05) is 0 Å². The second-order valence-corrected chi connectivity index (χ2v) is 13.2. The van der Waals surface area contributed by atoms with Crippen molar-refractivity contribution in [3.05, 3.63) is 0 Å². The van der Waals surface area contributed by atoms with Crippen LogP contribution in [0.5, 0.6) is 0 Å². The van der Waals surface area contributed by atoms with Crippen molar-refractivity contribution in [1.29, 1.82) is 0 Å². The highest BCUT2D eigenvalue weighted by atomic mass is 28.4. The Morgan fingerprint density at radius 2 is 1.84 bits per heavy atom. The molecule has 2 amide bonds. The van der Waals surface area contributed by atoms with E-state index in [0.29, 0.717) is 19.6 Å². The lowest BCUT2D eigenvalue weighted by molar-refractivity contribution is -0.133. The first-order chi connectivity index (χ1) is 11.4. The third-order valence-corrected chi connectivity index (χ3v) is 9.68. The number of hydrogen-bond donors (Lipinski definition) is 1. The fourth-order valence-electron chi connectivity index (χ4n) is 2.51. The molecule has 1 rings (SSSR count). The lowest BCUT2D eigenvalue weighted by Crippen LogP contribution is -2.44. The maximum absolute atomic E-state index is 12.1. The number of amides is 2. The van der Waals surface area contributed by atoms with Crippen LogP contribution in [0.2, 0.25) is 18.1 Å². The third-order valence-electron chi connectivity index (χ3n) is 5.15. The zero-order valence-electron chi connectivity index (χ0n) is 16.7. The molecule has 0 radical (unpaired) electrons. The number of likely N-dealkylation sites (tertiary alicyclic amines) is 1. The van der Waals surface area contributed by atoms with Gasteiger partial charge in [0.2, 0.25) is 5.91 Å². The smallest absolute Gasteiger partial charge is 0.408 e. The van der Waals surface area contributed by atoms with Crippen LogP contribution in [0.3, 0.4) is 0 Å². The Hall–Kier alpha value is -1.12. The molecule has 0 aromatic rings. The number of nitrogens with zero attached hydrogens (tertiary/aromatic N) is 2. The van der Waals surface area contributed by atoms with Gasteiger partial charge in [0.05, 0.1) is 12.6 Å². The Kier molecular flexibility index (Phi) is 7.46. The molecular formula is C17H34N2O5Si. The van der Waals surface area contributed by atoms with Gasteiger partial charge in [-0.2, -0.15) is 0 Å². The lowest BCUT2D eigenvalue weighted by atomic mass is 10.2. The summed E-state index contributed by atoms with van der Waals surface area (Å²) >= 11 is 0. The maximum atomic E-state index is 12.1. The summed E-state index contributed by atoms with van der Waals surface area (Å²) in [6.45, 7) is 12.4. The first-order valence-electron chi connectivity index (χ1n) is 8.83. The highest BCUT2D eigenvalue weighted by Gasteiger charge is 2.41. The molecule has 0 unspecified atom stereocenters. The Balaban J connectivity index is 2.41. The normalized spacial score (nSPS) is 21.5. The van der Waals surface area contributed by atoms with Gasteiger partial charge in [0.1, 0.15) is 6.04 Å². The van der Waals surface area contributed by atoms with E-state index in [1.54, 1.807) is 14.1 Å². The first-order valence-corrected chi connectivity index (χ1v) is 11.7. The Morgan fingerprint density at radius 3 is 2.32 bits per heavy atom. The second kappa shape index (κ2) is 8.51. The summed E-state index contributed by atoms with van der Waals surface area (Å²) < 4.78 is 11.9. The minimum atomic E-state index is -1.74. The van der Waals surface area contributed by atoms with E-state index in [9.17, 15) is 14.7 Å². The molecule has 7 nitrogen and oxygen atoms in total. The van der Waals surface area contributed by atoms with Crippen molar-refractivity contribution in [1.82, 2.24) is 9.80 Å². The standard InChI is InChI=1S/C17H34N2O5Si/c1-17(2,3)25(6,7)24-10-8-9-23-13-11-14(15(20)18(4)5)19(12-13)16(21)22/h13-14H,8-12H2,1-7H3,(H,21,22)/t13-,14+/m1/s1. The Labute approximate surface area is 152 Å². The van der Waals surface area contributed by atoms with Crippen LogP contribution in [0, 0.1) is 0 Å². The Morgan fingerprint density at radius 1 is 1.24 bits per heavy atom. The van der Waals surface area contributed by atoms with Crippen LogP contribution >= 0.6 is 0 Å². The van der Waals surface area contributed by atoms with E-state index in [1.165, 1.54) is 9.80 Å². The van der Waals surface area contributed by atoms with E-state index in [2.05, 4.69) is 33.9 Å². The van der Waals surface area contributed by atoms with Crippen molar-refractivity contribution in [2.45, 2.75) is 63.9 Å². The van der Waals surface area contributed by atoms with Crippen molar-refractivity contribution in [3.8, 4) is 0 Å². The van der Waals surface area contributed by atoms with Crippen molar-refractivity contribution >= 4 is 20.3 Å². The topological polar surface area (TPSA) is 79.3 Å². The van der Waals surface area contributed by atoms with Gasteiger partial charge >= 0.3 is 6.09 Å². The van der Waals surface area contributed by atoms with Crippen LogP contribution in [0.4, 0.5) is 4.79 Å². The number of carbonyl (C=O) groups is 2. The molecule has 0 bridgehead atoms. The minimum absolute atomic E-state index is 0.182. The van der Waals surface area contributed by atoms with Crippen molar-refractivity contribution < 1.29 is 23.9 Å². The zero-order chi connectivity index (χ0) is 19.4. The summed E-state index contributed by atoms with van der Waals surface area (Å²) in [6, 6.07) is -0.652. The van der Waals surface area contributed by atoms with Crippen LogP contribution in [0.1, 0.15) is 33.6 Å². The van der Waals surface area contributed by atoms with E-state index < -0.39 is 20.5 Å². The molecule has 1 N–H and O–H groups in total.